The van der Waals surface area contributed by atoms with E-state index >= 15 is 0 Å². The summed E-state index contributed by atoms with van der Waals surface area (Å²) in [5.41, 5.74) is 6.63. The highest BCUT2D eigenvalue weighted by Gasteiger charge is 1.91. The lowest BCUT2D eigenvalue weighted by atomic mass is 10.3. The second-order valence-electron chi connectivity index (χ2n) is 3.18. The summed E-state index contributed by atoms with van der Waals surface area (Å²) in [5, 5.41) is 6.32. The van der Waals surface area contributed by atoms with Crippen molar-refractivity contribution in [3.05, 3.63) is 30.3 Å². The molecule has 4 nitrogen and oxygen atoms in total. The summed E-state index contributed by atoms with van der Waals surface area (Å²) in [6.45, 7) is 1.76. The molecular formula is C11H19IN4. The van der Waals surface area contributed by atoms with Crippen molar-refractivity contribution in [2.45, 2.75) is 6.42 Å². The van der Waals surface area contributed by atoms with Gasteiger partial charge in [0.15, 0.2) is 5.96 Å². The summed E-state index contributed by atoms with van der Waals surface area (Å²) < 4.78 is 0. The van der Waals surface area contributed by atoms with E-state index < -0.39 is 0 Å². The number of halogens is 1. The zero-order valence-electron chi connectivity index (χ0n) is 9.44. The van der Waals surface area contributed by atoms with Gasteiger partial charge in [-0.15, -0.1) is 24.0 Å². The van der Waals surface area contributed by atoms with Gasteiger partial charge in [0.1, 0.15) is 0 Å². The van der Waals surface area contributed by atoms with Crippen molar-refractivity contribution in [3.8, 4) is 0 Å². The van der Waals surface area contributed by atoms with Crippen LogP contribution in [0.3, 0.4) is 0 Å². The van der Waals surface area contributed by atoms with Crippen LogP contribution in [0.1, 0.15) is 6.42 Å². The Labute approximate surface area is 114 Å². The third-order valence-electron chi connectivity index (χ3n) is 2.00. The van der Waals surface area contributed by atoms with Gasteiger partial charge in [-0.1, -0.05) is 18.2 Å². The van der Waals surface area contributed by atoms with Gasteiger partial charge in [0, 0.05) is 25.8 Å². The van der Waals surface area contributed by atoms with Crippen LogP contribution in [0.25, 0.3) is 0 Å². The maximum Gasteiger partial charge on any atom is 0.188 e. The van der Waals surface area contributed by atoms with Crippen molar-refractivity contribution in [2.24, 2.45) is 10.7 Å². The number of nitrogens with zero attached hydrogens (tertiary/aromatic N) is 1. The number of rotatable bonds is 5. The molecule has 1 aromatic rings. The van der Waals surface area contributed by atoms with Crippen molar-refractivity contribution in [1.29, 1.82) is 0 Å². The van der Waals surface area contributed by atoms with Crippen molar-refractivity contribution < 1.29 is 0 Å². The molecule has 0 aliphatic carbocycles. The number of guanidine groups is 1. The van der Waals surface area contributed by atoms with Gasteiger partial charge >= 0.3 is 0 Å². The highest BCUT2D eigenvalue weighted by Crippen LogP contribution is 2.03. The molecule has 1 rings (SSSR count). The van der Waals surface area contributed by atoms with E-state index in [1.54, 1.807) is 7.05 Å². The first-order valence-electron chi connectivity index (χ1n) is 5.08. The SMILES string of the molecule is CN=C(N)NCCCNc1ccccc1.I. The van der Waals surface area contributed by atoms with E-state index in [2.05, 4.69) is 27.8 Å². The first-order valence-corrected chi connectivity index (χ1v) is 5.08. The van der Waals surface area contributed by atoms with Gasteiger partial charge in [-0.05, 0) is 18.6 Å². The van der Waals surface area contributed by atoms with Crippen LogP contribution in [0.5, 0.6) is 0 Å². The van der Waals surface area contributed by atoms with Crippen molar-refractivity contribution >= 4 is 35.6 Å². The Morgan fingerprint density at radius 1 is 1.25 bits per heavy atom. The van der Waals surface area contributed by atoms with E-state index in [9.17, 15) is 0 Å². The summed E-state index contributed by atoms with van der Waals surface area (Å²) in [6, 6.07) is 10.1. The van der Waals surface area contributed by atoms with Gasteiger partial charge < -0.3 is 16.4 Å². The van der Waals surface area contributed by atoms with E-state index in [1.807, 2.05) is 18.2 Å². The first-order chi connectivity index (χ1) is 7.33. The van der Waals surface area contributed by atoms with Gasteiger partial charge in [-0.3, -0.25) is 4.99 Å². The van der Waals surface area contributed by atoms with Crippen LogP contribution in [0.4, 0.5) is 5.69 Å². The zero-order valence-corrected chi connectivity index (χ0v) is 11.8. The lowest BCUT2D eigenvalue weighted by Gasteiger charge is -2.07. The third kappa shape index (κ3) is 6.49. The summed E-state index contributed by atoms with van der Waals surface area (Å²) in [4.78, 5) is 3.81. The van der Waals surface area contributed by atoms with Crippen LogP contribution < -0.4 is 16.4 Å². The maximum absolute atomic E-state index is 5.48. The minimum Gasteiger partial charge on any atom is -0.385 e. The molecule has 0 saturated carbocycles. The van der Waals surface area contributed by atoms with Crippen molar-refractivity contribution in [2.75, 3.05) is 25.5 Å². The van der Waals surface area contributed by atoms with Gasteiger partial charge in [-0.25, -0.2) is 0 Å². The normalized spacial score (nSPS) is 10.4. The number of anilines is 1. The zero-order chi connectivity index (χ0) is 10.9. The number of aliphatic imine (C=N–C) groups is 1. The van der Waals surface area contributed by atoms with Crippen LogP contribution in [0.2, 0.25) is 0 Å². The fourth-order valence-corrected chi connectivity index (χ4v) is 1.17. The van der Waals surface area contributed by atoms with E-state index in [0.717, 1.165) is 25.2 Å². The molecule has 0 fully saturated rings. The van der Waals surface area contributed by atoms with E-state index in [-0.39, 0.29) is 24.0 Å². The topological polar surface area (TPSA) is 62.4 Å². The van der Waals surface area contributed by atoms with Crippen LogP contribution in [0.15, 0.2) is 35.3 Å². The van der Waals surface area contributed by atoms with Crippen molar-refractivity contribution in [3.63, 3.8) is 0 Å². The van der Waals surface area contributed by atoms with E-state index in [4.69, 9.17) is 5.73 Å². The lowest BCUT2D eigenvalue weighted by molar-refractivity contribution is 0.798. The Morgan fingerprint density at radius 3 is 2.56 bits per heavy atom. The molecule has 0 aliphatic rings. The summed E-state index contributed by atoms with van der Waals surface area (Å²) in [7, 11) is 1.67. The minimum atomic E-state index is 0. The molecule has 5 heteroatoms. The largest absolute Gasteiger partial charge is 0.385 e. The molecule has 90 valence electrons. The Morgan fingerprint density at radius 2 is 1.94 bits per heavy atom. The molecule has 16 heavy (non-hydrogen) atoms. The maximum atomic E-state index is 5.48. The Balaban J connectivity index is 0.00000225. The monoisotopic (exact) mass is 334 g/mol. The molecule has 0 amide bonds. The molecule has 0 atom stereocenters. The van der Waals surface area contributed by atoms with E-state index in [1.165, 1.54) is 0 Å². The number of benzene rings is 1. The fourth-order valence-electron chi connectivity index (χ4n) is 1.17. The molecule has 1 aromatic carbocycles. The fraction of sp³-hybridized carbons (Fsp3) is 0.364. The molecule has 0 radical (unpaired) electrons. The highest BCUT2D eigenvalue weighted by atomic mass is 127. The van der Waals surface area contributed by atoms with Gasteiger partial charge in [0.05, 0.1) is 0 Å². The highest BCUT2D eigenvalue weighted by molar-refractivity contribution is 14.0. The number of nitrogens with two attached hydrogens (primary N) is 1. The molecule has 0 bridgehead atoms. The van der Waals surface area contributed by atoms with Crippen molar-refractivity contribution in [1.82, 2.24) is 5.32 Å². The second-order valence-corrected chi connectivity index (χ2v) is 3.18. The van der Waals surface area contributed by atoms with Gasteiger partial charge in [0.2, 0.25) is 0 Å². The minimum absolute atomic E-state index is 0. The summed E-state index contributed by atoms with van der Waals surface area (Å²) in [5.74, 6) is 0.495. The van der Waals surface area contributed by atoms with Crippen LogP contribution in [-0.4, -0.2) is 26.1 Å². The molecule has 0 saturated heterocycles. The van der Waals surface area contributed by atoms with Gasteiger partial charge in [0.25, 0.3) is 0 Å². The Hall–Kier alpha value is -0.980. The molecule has 0 spiro atoms. The van der Waals surface area contributed by atoms with Crippen LogP contribution in [-0.2, 0) is 0 Å². The lowest BCUT2D eigenvalue weighted by Crippen LogP contribution is -2.32. The molecule has 0 aliphatic heterocycles. The number of nitrogens with one attached hydrogen (secondary N) is 2. The predicted molar refractivity (Wildman–Crippen MR) is 80.5 cm³/mol. The molecular weight excluding hydrogens is 315 g/mol. The van der Waals surface area contributed by atoms with Crippen LogP contribution in [0, 0.1) is 0 Å². The van der Waals surface area contributed by atoms with E-state index in [0.29, 0.717) is 5.96 Å². The Kier molecular flexibility index (Phi) is 8.69. The molecule has 0 aromatic heterocycles. The number of hydrogen-bond acceptors (Lipinski definition) is 2. The number of hydrogen-bond donors (Lipinski definition) is 3. The van der Waals surface area contributed by atoms with Gasteiger partial charge in [-0.2, -0.15) is 0 Å². The standard InChI is InChI=1S/C11H18N4.HI/c1-13-11(12)15-9-5-8-14-10-6-3-2-4-7-10;/h2-4,6-7,14H,5,8-9H2,1H3,(H3,12,13,15);1H. The number of para-hydroxylation sites is 1. The average molecular weight is 334 g/mol. The quantitative estimate of drug-likeness (QED) is 0.332. The molecule has 4 N–H and O–H groups in total. The summed E-state index contributed by atoms with van der Waals surface area (Å²) in [6.07, 6.45) is 1.01. The average Bonchev–Trinajstić information content (AvgIpc) is 2.29. The first kappa shape index (κ1) is 15.0. The molecule has 0 heterocycles. The third-order valence-corrected chi connectivity index (χ3v) is 2.00. The predicted octanol–water partition coefficient (Wildman–Crippen LogP) is 1.64. The summed E-state index contributed by atoms with van der Waals surface area (Å²) >= 11 is 0. The smallest absolute Gasteiger partial charge is 0.188 e. The second kappa shape index (κ2) is 9.26. The Bertz CT molecular complexity index is 300. The molecule has 0 unspecified atom stereocenters. The van der Waals surface area contributed by atoms with Crippen LogP contribution >= 0.6 is 24.0 Å².